The molecule has 0 saturated heterocycles. The topological polar surface area (TPSA) is 3.24 Å². The van der Waals surface area contributed by atoms with E-state index in [4.69, 9.17) is 0 Å². The summed E-state index contributed by atoms with van der Waals surface area (Å²) in [6.45, 7) is 4.72. The fraction of sp³-hybridized carbons (Fsp3) is 0.0526. The Morgan fingerprint density at radius 1 is 0.322 bits per heavy atom. The Morgan fingerprint density at radius 3 is 1.39 bits per heavy atom. The highest BCUT2D eigenvalue weighted by Gasteiger charge is 2.35. The summed E-state index contributed by atoms with van der Waals surface area (Å²) in [7, 11) is 0. The zero-order valence-corrected chi connectivity index (χ0v) is 33.9. The van der Waals surface area contributed by atoms with Crippen LogP contribution in [0.3, 0.4) is 0 Å². The van der Waals surface area contributed by atoms with E-state index in [1.54, 1.807) is 0 Å². The highest BCUT2D eigenvalue weighted by Crippen LogP contribution is 2.51. The number of hydrogen-bond donors (Lipinski definition) is 0. The standard InChI is InChI=1S/C57H41NS/c1-57(2)53-33-24-43(35-51(53)49-32-23-45(37-54(49)57)39-13-7-4-8-14-39)41-19-28-47(29-20-41)58(46-26-17-40(18-27-46)38-11-5-3-6-12-38)48-30-21-42(22-31-48)44-25-34-56-52(36-44)50-15-9-10-16-55(50)59-56/h3-37H,1-2H3. The van der Waals surface area contributed by atoms with E-state index in [0.717, 1.165) is 17.1 Å². The maximum absolute atomic E-state index is 2.40. The van der Waals surface area contributed by atoms with Crippen LogP contribution in [0.2, 0.25) is 0 Å². The highest BCUT2D eigenvalue weighted by molar-refractivity contribution is 7.25. The molecule has 1 aromatic heterocycles. The molecule has 280 valence electrons. The smallest absolute Gasteiger partial charge is 0.0462 e. The van der Waals surface area contributed by atoms with Crippen LogP contribution >= 0.6 is 11.3 Å². The van der Waals surface area contributed by atoms with Crippen molar-refractivity contribution in [2.75, 3.05) is 4.90 Å². The van der Waals surface area contributed by atoms with Crippen molar-refractivity contribution in [3.05, 3.63) is 223 Å². The van der Waals surface area contributed by atoms with E-state index in [1.807, 2.05) is 11.3 Å². The molecule has 0 unspecified atom stereocenters. The largest absolute Gasteiger partial charge is 0.311 e. The van der Waals surface area contributed by atoms with Crippen molar-refractivity contribution in [1.82, 2.24) is 0 Å². The lowest BCUT2D eigenvalue weighted by Crippen LogP contribution is -2.15. The van der Waals surface area contributed by atoms with Gasteiger partial charge in [0.2, 0.25) is 0 Å². The van der Waals surface area contributed by atoms with Gasteiger partial charge in [0.1, 0.15) is 0 Å². The van der Waals surface area contributed by atoms with Crippen molar-refractivity contribution in [3.63, 3.8) is 0 Å². The second-order valence-electron chi connectivity index (χ2n) is 16.2. The Morgan fingerprint density at radius 2 is 0.763 bits per heavy atom. The SMILES string of the molecule is CC1(C)c2ccc(-c3ccc(N(c4ccc(-c5ccccc5)cc4)c4ccc(-c5ccc6sc7ccccc7c6c5)cc4)cc3)cc2-c2ccc(-c3ccccc3)cc21. The lowest BCUT2D eigenvalue weighted by Gasteiger charge is -2.26. The zero-order valence-electron chi connectivity index (χ0n) is 33.1. The summed E-state index contributed by atoms with van der Waals surface area (Å²) in [5, 5.41) is 2.64. The average Bonchev–Trinajstić information content (AvgIpc) is 3.78. The van der Waals surface area contributed by atoms with Gasteiger partial charge in [0.05, 0.1) is 0 Å². The monoisotopic (exact) mass is 771 g/mol. The van der Waals surface area contributed by atoms with Crippen molar-refractivity contribution < 1.29 is 0 Å². The Labute approximate surface area is 350 Å². The van der Waals surface area contributed by atoms with Gasteiger partial charge in [0.15, 0.2) is 0 Å². The highest BCUT2D eigenvalue weighted by atomic mass is 32.1. The van der Waals surface area contributed by atoms with E-state index in [9.17, 15) is 0 Å². The number of rotatable bonds is 7. The van der Waals surface area contributed by atoms with Gasteiger partial charge in [-0.1, -0.05) is 159 Å². The number of fused-ring (bicyclic) bond motifs is 6. The molecule has 9 aromatic carbocycles. The second-order valence-corrected chi connectivity index (χ2v) is 17.2. The first-order chi connectivity index (χ1) is 29.0. The minimum absolute atomic E-state index is 0.0744. The minimum atomic E-state index is -0.0744. The quantitative estimate of drug-likeness (QED) is 0.156. The molecule has 10 aromatic rings. The molecule has 2 heteroatoms. The molecule has 0 aliphatic heterocycles. The fourth-order valence-electron chi connectivity index (χ4n) is 9.14. The van der Waals surface area contributed by atoms with Crippen LogP contribution in [0.5, 0.6) is 0 Å². The molecular weight excluding hydrogens is 731 g/mol. The first-order valence-corrected chi connectivity index (χ1v) is 21.2. The van der Waals surface area contributed by atoms with E-state index < -0.39 is 0 Å². The normalized spacial score (nSPS) is 12.7. The van der Waals surface area contributed by atoms with Gasteiger partial charge in [-0.25, -0.2) is 0 Å². The Balaban J connectivity index is 0.942. The van der Waals surface area contributed by atoms with Crippen molar-refractivity contribution >= 4 is 48.6 Å². The first kappa shape index (κ1) is 35.2. The summed E-state index contributed by atoms with van der Waals surface area (Å²) in [5.74, 6) is 0. The number of benzene rings is 9. The number of hydrogen-bond acceptors (Lipinski definition) is 2. The predicted octanol–water partition coefficient (Wildman–Crippen LogP) is 16.5. The van der Waals surface area contributed by atoms with E-state index in [1.165, 1.54) is 86.9 Å². The Kier molecular flexibility index (Phi) is 8.43. The Hall–Kier alpha value is -7.00. The number of anilines is 3. The summed E-state index contributed by atoms with van der Waals surface area (Å²) >= 11 is 1.86. The molecule has 0 saturated carbocycles. The van der Waals surface area contributed by atoms with E-state index in [2.05, 4.69) is 231 Å². The van der Waals surface area contributed by atoms with E-state index in [-0.39, 0.29) is 5.41 Å². The van der Waals surface area contributed by atoms with Gasteiger partial charge in [-0.3, -0.25) is 0 Å². The molecule has 0 N–H and O–H groups in total. The van der Waals surface area contributed by atoms with Crippen molar-refractivity contribution in [2.24, 2.45) is 0 Å². The van der Waals surface area contributed by atoms with Crippen molar-refractivity contribution in [1.29, 1.82) is 0 Å². The molecule has 1 aliphatic rings. The third-order valence-electron chi connectivity index (χ3n) is 12.3. The molecule has 1 aliphatic carbocycles. The van der Waals surface area contributed by atoms with Crippen molar-refractivity contribution in [2.45, 2.75) is 19.3 Å². The second kappa shape index (κ2) is 14.1. The van der Waals surface area contributed by atoms with Gasteiger partial charge in [-0.2, -0.15) is 0 Å². The lowest BCUT2D eigenvalue weighted by atomic mass is 9.81. The number of nitrogens with zero attached hydrogens (tertiary/aromatic N) is 1. The van der Waals surface area contributed by atoms with Crippen LogP contribution in [0, 0.1) is 0 Å². The molecule has 0 bridgehead atoms. The summed E-state index contributed by atoms with van der Waals surface area (Å²) in [6.07, 6.45) is 0. The maximum Gasteiger partial charge on any atom is 0.0462 e. The maximum atomic E-state index is 2.40. The molecule has 0 spiro atoms. The van der Waals surface area contributed by atoms with Crippen LogP contribution in [-0.2, 0) is 5.41 Å². The predicted molar refractivity (Wildman–Crippen MR) is 253 cm³/mol. The number of thiophene rings is 1. The molecule has 1 nitrogen and oxygen atoms in total. The van der Waals surface area contributed by atoms with Crippen LogP contribution in [0.1, 0.15) is 25.0 Å². The van der Waals surface area contributed by atoms with Gasteiger partial charge in [0, 0.05) is 42.6 Å². The Bertz CT molecular complexity index is 3140. The van der Waals surface area contributed by atoms with E-state index in [0.29, 0.717) is 0 Å². The lowest BCUT2D eigenvalue weighted by molar-refractivity contribution is 0.660. The van der Waals surface area contributed by atoms with Crippen LogP contribution in [0.25, 0.3) is 75.8 Å². The summed E-state index contributed by atoms with van der Waals surface area (Å²) in [4.78, 5) is 2.36. The molecule has 0 amide bonds. The summed E-state index contributed by atoms with van der Waals surface area (Å²) in [6, 6.07) is 78.0. The third kappa shape index (κ3) is 6.16. The van der Waals surface area contributed by atoms with Crippen LogP contribution in [-0.4, -0.2) is 0 Å². The molecule has 11 rings (SSSR count). The zero-order chi connectivity index (χ0) is 39.5. The van der Waals surface area contributed by atoms with E-state index >= 15 is 0 Å². The van der Waals surface area contributed by atoms with Crippen LogP contribution in [0.4, 0.5) is 17.1 Å². The average molecular weight is 772 g/mol. The first-order valence-electron chi connectivity index (χ1n) is 20.4. The van der Waals surface area contributed by atoms with Gasteiger partial charge < -0.3 is 4.90 Å². The minimum Gasteiger partial charge on any atom is -0.311 e. The molecule has 1 heterocycles. The molecule has 0 fully saturated rings. The molecule has 0 atom stereocenters. The summed E-state index contributed by atoms with van der Waals surface area (Å²) < 4.78 is 2.66. The molecule has 0 radical (unpaired) electrons. The van der Waals surface area contributed by atoms with Gasteiger partial charge in [-0.15, -0.1) is 11.3 Å². The summed E-state index contributed by atoms with van der Waals surface area (Å²) in [5.41, 5.74) is 18.5. The van der Waals surface area contributed by atoms with Gasteiger partial charge in [-0.05, 0) is 133 Å². The van der Waals surface area contributed by atoms with Crippen LogP contribution < -0.4 is 4.90 Å². The fourth-order valence-corrected chi connectivity index (χ4v) is 10.2. The van der Waals surface area contributed by atoms with Gasteiger partial charge in [0.25, 0.3) is 0 Å². The third-order valence-corrected chi connectivity index (χ3v) is 13.5. The molecule has 59 heavy (non-hydrogen) atoms. The van der Waals surface area contributed by atoms with Gasteiger partial charge >= 0.3 is 0 Å². The van der Waals surface area contributed by atoms with Crippen molar-refractivity contribution in [3.8, 4) is 55.6 Å². The van der Waals surface area contributed by atoms with Crippen LogP contribution in [0.15, 0.2) is 212 Å². The molecular formula is C57H41NS.